The van der Waals surface area contributed by atoms with E-state index < -0.39 is 21.6 Å². The van der Waals surface area contributed by atoms with Gasteiger partial charge in [0.25, 0.3) is 0 Å². The van der Waals surface area contributed by atoms with Crippen LogP contribution in [0.25, 0.3) is 22.6 Å². The van der Waals surface area contributed by atoms with E-state index in [1.807, 2.05) is 0 Å². The molecule has 2 N–H and O–H groups in total. The van der Waals surface area contributed by atoms with Crippen molar-refractivity contribution >= 4 is 21.1 Å². The lowest BCUT2D eigenvalue weighted by molar-refractivity contribution is 0.494. The van der Waals surface area contributed by atoms with Crippen LogP contribution in [0.15, 0.2) is 61.0 Å². The van der Waals surface area contributed by atoms with Crippen molar-refractivity contribution in [3.63, 3.8) is 0 Å². The van der Waals surface area contributed by atoms with Crippen LogP contribution in [0.4, 0.5) is 4.39 Å². The Morgan fingerprint density at radius 3 is 2.63 bits per heavy atom. The van der Waals surface area contributed by atoms with Crippen LogP contribution in [0.3, 0.4) is 0 Å². The first-order valence-electron chi connectivity index (χ1n) is 7.61. The highest BCUT2D eigenvalue weighted by atomic mass is 32.2. The van der Waals surface area contributed by atoms with Crippen LogP contribution >= 0.6 is 0 Å². The minimum absolute atomic E-state index is 0.0344. The number of oxazole rings is 1. The van der Waals surface area contributed by atoms with Crippen LogP contribution in [-0.4, -0.2) is 23.6 Å². The van der Waals surface area contributed by atoms with E-state index >= 15 is 0 Å². The summed E-state index contributed by atoms with van der Waals surface area (Å²) in [7, 11) is -3.90. The third-order valence-electron chi connectivity index (χ3n) is 3.67. The molecule has 0 saturated carbocycles. The normalized spacial score (nSPS) is 11.9. The van der Waals surface area contributed by atoms with Gasteiger partial charge >= 0.3 is 5.76 Å². The molecule has 0 fully saturated rings. The molecule has 0 radical (unpaired) electrons. The van der Waals surface area contributed by atoms with E-state index in [4.69, 9.17) is 8.83 Å². The van der Waals surface area contributed by atoms with Crippen LogP contribution < -0.4 is 10.5 Å². The van der Waals surface area contributed by atoms with E-state index in [1.165, 1.54) is 42.5 Å². The highest BCUT2D eigenvalue weighted by Crippen LogP contribution is 2.19. The number of halogens is 1. The van der Waals surface area contributed by atoms with Gasteiger partial charge in [0.2, 0.25) is 21.8 Å². The fraction of sp³-hybridized carbons (Fsp3) is 0.0625. The summed E-state index contributed by atoms with van der Waals surface area (Å²) in [6.45, 7) is -0.244. The molecular formula is C16H11FN4O5S. The first-order valence-corrected chi connectivity index (χ1v) is 9.10. The van der Waals surface area contributed by atoms with Gasteiger partial charge in [-0.05, 0) is 36.4 Å². The molecule has 2 aromatic heterocycles. The number of nitrogens with zero attached hydrogens (tertiary/aromatic N) is 2. The molecule has 11 heteroatoms. The zero-order valence-corrected chi connectivity index (χ0v) is 14.3. The SMILES string of the molecule is O=c1[nH]c2ccc(S(=O)(=O)NCc3nnc(-c4ccc(F)cc4)o3)cc2o1. The summed E-state index contributed by atoms with van der Waals surface area (Å²) in [5, 5.41) is 7.57. The van der Waals surface area contributed by atoms with Crippen molar-refractivity contribution in [2.45, 2.75) is 11.4 Å². The molecule has 2 heterocycles. The molecular weight excluding hydrogens is 379 g/mol. The van der Waals surface area contributed by atoms with Crippen LogP contribution in [0, 0.1) is 5.82 Å². The van der Waals surface area contributed by atoms with Crippen molar-refractivity contribution in [2.24, 2.45) is 0 Å². The number of aromatic nitrogens is 3. The molecule has 2 aromatic carbocycles. The maximum atomic E-state index is 13.0. The molecule has 0 aliphatic heterocycles. The van der Waals surface area contributed by atoms with E-state index in [-0.39, 0.29) is 28.8 Å². The number of rotatable bonds is 5. The highest BCUT2D eigenvalue weighted by Gasteiger charge is 2.18. The molecule has 4 aromatic rings. The van der Waals surface area contributed by atoms with Crippen molar-refractivity contribution in [3.05, 3.63) is 64.7 Å². The van der Waals surface area contributed by atoms with Gasteiger partial charge in [0, 0.05) is 11.6 Å². The molecule has 138 valence electrons. The Morgan fingerprint density at radius 1 is 1.07 bits per heavy atom. The summed E-state index contributed by atoms with van der Waals surface area (Å²) in [6.07, 6.45) is 0. The molecule has 0 atom stereocenters. The minimum Gasteiger partial charge on any atom is -0.419 e. The van der Waals surface area contributed by atoms with Crippen LogP contribution in [0.1, 0.15) is 5.89 Å². The minimum atomic E-state index is -3.90. The van der Waals surface area contributed by atoms with E-state index in [1.54, 1.807) is 0 Å². The van der Waals surface area contributed by atoms with Crippen molar-refractivity contribution in [2.75, 3.05) is 0 Å². The maximum absolute atomic E-state index is 13.0. The van der Waals surface area contributed by atoms with Gasteiger partial charge in [-0.3, -0.25) is 4.98 Å². The van der Waals surface area contributed by atoms with E-state index in [2.05, 4.69) is 19.9 Å². The third kappa shape index (κ3) is 3.50. The first-order chi connectivity index (χ1) is 12.9. The van der Waals surface area contributed by atoms with Crippen LogP contribution in [0.2, 0.25) is 0 Å². The van der Waals surface area contributed by atoms with Crippen LogP contribution in [-0.2, 0) is 16.6 Å². The second-order valence-corrected chi connectivity index (χ2v) is 7.27. The second kappa shape index (κ2) is 6.45. The van der Waals surface area contributed by atoms with Gasteiger partial charge in [0.05, 0.1) is 17.0 Å². The second-order valence-electron chi connectivity index (χ2n) is 5.50. The summed E-state index contributed by atoms with van der Waals surface area (Å²) < 4.78 is 50.3. The van der Waals surface area contributed by atoms with Crippen LogP contribution in [0.5, 0.6) is 0 Å². The van der Waals surface area contributed by atoms with Crippen molar-refractivity contribution in [1.29, 1.82) is 0 Å². The van der Waals surface area contributed by atoms with Crippen molar-refractivity contribution < 1.29 is 21.6 Å². The lowest BCUT2D eigenvalue weighted by atomic mass is 10.2. The number of hydrogen-bond acceptors (Lipinski definition) is 7. The Balaban J connectivity index is 1.51. The fourth-order valence-corrected chi connectivity index (χ4v) is 3.36. The average molecular weight is 390 g/mol. The molecule has 0 amide bonds. The van der Waals surface area contributed by atoms with Gasteiger partial charge in [0.15, 0.2) is 5.58 Å². The summed E-state index contributed by atoms with van der Waals surface area (Å²) in [5.74, 6) is -0.903. The Hall–Kier alpha value is -3.31. The van der Waals surface area contributed by atoms with E-state index in [0.29, 0.717) is 11.1 Å². The number of H-pyrrole nitrogens is 1. The number of benzene rings is 2. The molecule has 0 spiro atoms. The summed E-state index contributed by atoms with van der Waals surface area (Å²) in [4.78, 5) is 13.5. The van der Waals surface area contributed by atoms with Gasteiger partial charge < -0.3 is 8.83 Å². The number of aromatic amines is 1. The summed E-state index contributed by atoms with van der Waals surface area (Å²) >= 11 is 0. The van der Waals surface area contributed by atoms with Gasteiger partial charge in [-0.15, -0.1) is 10.2 Å². The maximum Gasteiger partial charge on any atom is 0.417 e. The predicted molar refractivity (Wildman–Crippen MR) is 90.6 cm³/mol. The largest absolute Gasteiger partial charge is 0.419 e. The molecule has 0 aliphatic rings. The Labute approximate surface area is 150 Å². The van der Waals surface area contributed by atoms with Crippen molar-refractivity contribution in [3.8, 4) is 11.5 Å². The topological polar surface area (TPSA) is 131 Å². The Kier molecular flexibility index (Phi) is 4.09. The summed E-state index contributed by atoms with van der Waals surface area (Å²) in [5.41, 5.74) is 1.02. The lowest BCUT2D eigenvalue weighted by Gasteiger charge is -2.04. The number of fused-ring (bicyclic) bond motifs is 1. The van der Waals surface area contributed by atoms with E-state index in [9.17, 15) is 17.6 Å². The van der Waals surface area contributed by atoms with Gasteiger partial charge in [-0.2, -0.15) is 0 Å². The summed E-state index contributed by atoms with van der Waals surface area (Å²) in [6, 6.07) is 9.41. The zero-order chi connectivity index (χ0) is 19.0. The molecule has 0 saturated heterocycles. The lowest BCUT2D eigenvalue weighted by Crippen LogP contribution is -2.23. The standard InChI is InChI=1S/C16H11FN4O5S/c17-10-3-1-9(2-4-10)15-21-20-14(26-15)8-18-27(23,24)11-5-6-12-13(7-11)25-16(22)19-12/h1-7,18H,8H2,(H,19,22). The number of nitrogens with one attached hydrogen (secondary N) is 2. The zero-order valence-electron chi connectivity index (χ0n) is 13.5. The molecule has 0 aliphatic carbocycles. The van der Waals surface area contributed by atoms with Gasteiger partial charge in [-0.25, -0.2) is 22.3 Å². The monoisotopic (exact) mass is 390 g/mol. The number of hydrogen-bond donors (Lipinski definition) is 2. The Bertz CT molecular complexity index is 1270. The van der Waals surface area contributed by atoms with Gasteiger partial charge in [0.1, 0.15) is 5.82 Å². The quantitative estimate of drug-likeness (QED) is 0.531. The molecule has 4 rings (SSSR count). The average Bonchev–Trinajstić information content (AvgIpc) is 3.25. The van der Waals surface area contributed by atoms with E-state index in [0.717, 1.165) is 0 Å². The molecule has 0 unspecified atom stereocenters. The highest BCUT2D eigenvalue weighted by molar-refractivity contribution is 7.89. The third-order valence-corrected chi connectivity index (χ3v) is 5.07. The smallest absolute Gasteiger partial charge is 0.417 e. The molecule has 0 bridgehead atoms. The fourth-order valence-electron chi connectivity index (χ4n) is 2.37. The van der Waals surface area contributed by atoms with Gasteiger partial charge in [-0.1, -0.05) is 0 Å². The predicted octanol–water partition coefficient (Wildman–Crippen LogP) is 1.79. The number of sulfonamides is 1. The Morgan fingerprint density at radius 2 is 1.85 bits per heavy atom. The van der Waals surface area contributed by atoms with Crippen molar-refractivity contribution in [1.82, 2.24) is 19.9 Å². The molecule has 27 heavy (non-hydrogen) atoms. The molecule has 9 nitrogen and oxygen atoms in total. The first kappa shape index (κ1) is 17.1.